The van der Waals surface area contributed by atoms with Gasteiger partial charge in [0.25, 0.3) is 0 Å². The smallest absolute Gasteiger partial charge is 0.307 e. The van der Waals surface area contributed by atoms with E-state index in [1.807, 2.05) is 19.1 Å². The van der Waals surface area contributed by atoms with Crippen LogP contribution >= 0.6 is 15.9 Å². The van der Waals surface area contributed by atoms with E-state index in [-0.39, 0.29) is 5.91 Å². The maximum atomic E-state index is 12.2. The third-order valence-electron chi connectivity index (χ3n) is 3.36. The zero-order chi connectivity index (χ0) is 14.7. The van der Waals surface area contributed by atoms with Crippen LogP contribution in [0.4, 0.5) is 5.82 Å². The van der Waals surface area contributed by atoms with Crippen LogP contribution in [0.15, 0.2) is 28.8 Å². The number of rotatable bonds is 3. The first-order chi connectivity index (χ1) is 9.49. The minimum absolute atomic E-state index is 0.295. The number of aromatic nitrogens is 1. The topological polar surface area (TPSA) is 79.3 Å². The zero-order valence-corrected chi connectivity index (χ0v) is 12.6. The van der Waals surface area contributed by atoms with Gasteiger partial charge in [-0.05, 0) is 47.8 Å². The third kappa shape index (κ3) is 3.25. The van der Waals surface area contributed by atoms with E-state index in [2.05, 4.69) is 26.2 Å². The number of amides is 1. The molecule has 0 aliphatic heterocycles. The summed E-state index contributed by atoms with van der Waals surface area (Å²) in [6.45, 7) is 1.82. The van der Waals surface area contributed by atoms with Crippen LogP contribution in [0.3, 0.4) is 0 Å². The largest absolute Gasteiger partial charge is 0.481 e. The Morgan fingerprint density at radius 2 is 1.95 bits per heavy atom. The standard InChI is InChI=1S/C14H15BrN2O3/c1-8-11(15)6-7-12(16-8)17-13(18)9-4-2-3-5-10(9)14(19)20/h2-3,6-7,9-10H,4-5H2,1H3,(H,19,20)(H,16,17,18)/t9-,10+/m1/s1. The molecule has 1 heterocycles. The van der Waals surface area contributed by atoms with E-state index in [9.17, 15) is 9.59 Å². The molecule has 0 radical (unpaired) electrons. The molecule has 0 saturated carbocycles. The summed E-state index contributed by atoms with van der Waals surface area (Å²) < 4.78 is 0.861. The SMILES string of the molecule is Cc1nc(NC(=O)[C@@H]2CC=CC[C@@H]2C(=O)O)ccc1Br. The predicted molar refractivity (Wildman–Crippen MR) is 78.3 cm³/mol. The van der Waals surface area contributed by atoms with Gasteiger partial charge in [-0.25, -0.2) is 4.98 Å². The molecule has 1 aliphatic carbocycles. The molecule has 1 amide bonds. The zero-order valence-electron chi connectivity index (χ0n) is 11.0. The van der Waals surface area contributed by atoms with Gasteiger partial charge in [-0.15, -0.1) is 0 Å². The van der Waals surface area contributed by atoms with Crippen LogP contribution in [0, 0.1) is 18.8 Å². The Kier molecular flexibility index (Phi) is 4.54. The summed E-state index contributed by atoms with van der Waals surface area (Å²) in [6.07, 6.45) is 4.49. The number of carboxylic acid groups (broad SMARTS) is 1. The molecule has 2 N–H and O–H groups in total. The molecule has 0 spiro atoms. The Labute approximate surface area is 125 Å². The van der Waals surface area contributed by atoms with E-state index in [0.717, 1.165) is 10.2 Å². The Morgan fingerprint density at radius 1 is 1.30 bits per heavy atom. The van der Waals surface area contributed by atoms with Gasteiger partial charge in [0.1, 0.15) is 5.82 Å². The van der Waals surface area contributed by atoms with Crippen molar-refractivity contribution in [1.82, 2.24) is 4.98 Å². The molecule has 0 bridgehead atoms. The molecule has 5 nitrogen and oxygen atoms in total. The highest BCUT2D eigenvalue weighted by molar-refractivity contribution is 9.10. The van der Waals surface area contributed by atoms with Crippen molar-refractivity contribution in [1.29, 1.82) is 0 Å². The number of anilines is 1. The molecule has 2 rings (SSSR count). The lowest BCUT2D eigenvalue weighted by atomic mass is 9.82. The second-order valence-electron chi connectivity index (χ2n) is 4.75. The van der Waals surface area contributed by atoms with Gasteiger partial charge in [0.15, 0.2) is 0 Å². The van der Waals surface area contributed by atoms with Crippen molar-refractivity contribution >= 4 is 33.6 Å². The van der Waals surface area contributed by atoms with E-state index < -0.39 is 17.8 Å². The highest BCUT2D eigenvalue weighted by Gasteiger charge is 2.34. The average molecular weight is 339 g/mol. The van der Waals surface area contributed by atoms with Gasteiger partial charge in [-0.1, -0.05) is 12.2 Å². The number of carbonyl (C=O) groups is 2. The quantitative estimate of drug-likeness (QED) is 0.830. The first-order valence-corrected chi connectivity index (χ1v) is 7.10. The fraction of sp³-hybridized carbons (Fsp3) is 0.357. The van der Waals surface area contributed by atoms with Crippen LogP contribution in [0.2, 0.25) is 0 Å². The number of aliphatic carboxylic acids is 1. The van der Waals surface area contributed by atoms with E-state index >= 15 is 0 Å². The number of aryl methyl sites for hydroxylation is 1. The molecule has 6 heteroatoms. The number of nitrogens with zero attached hydrogens (tertiary/aromatic N) is 1. The molecule has 0 fully saturated rings. The van der Waals surface area contributed by atoms with Gasteiger partial charge in [-0.3, -0.25) is 9.59 Å². The number of pyridine rings is 1. The average Bonchev–Trinajstić information content (AvgIpc) is 2.43. The Hall–Kier alpha value is -1.69. The summed E-state index contributed by atoms with van der Waals surface area (Å²) in [5, 5.41) is 11.9. The maximum absolute atomic E-state index is 12.2. The van der Waals surface area contributed by atoms with Crippen molar-refractivity contribution in [3.8, 4) is 0 Å². The van der Waals surface area contributed by atoms with Crippen molar-refractivity contribution in [3.63, 3.8) is 0 Å². The van der Waals surface area contributed by atoms with Crippen LogP contribution in [-0.4, -0.2) is 22.0 Å². The minimum atomic E-state index is -0.936. The van der Waals surface area contributed by atoms with E-state index in [4.69, 9.17) is 5.11 Å². The van der Waals surface area contributed by atoms with Crippen molar-refractivity contribution in [2.24, 2.45) is 11.8 Å². The summed E-state index contributed by atoms with van der Waals surface area (Å²) in [7, 11) is 0. The number of halogens is 1. The highest BCUT2D eigenvalue weighted by Crippen LogP contribution is 2.27. The van der Waals surface area contributed by atoms with E-state index in [1.165, 1.54) is 0 Å². The summed E-state index contributed by atoms with van der Waals surface area (Å²) in [5.41, 5.74) is 0.765. The minimum Gasteiger partial charge on any atom is -0.481 e. The van der Waals surface area contributed by atoms with Gasteiger partial charge < -0.3 is 10.4 Å². The summed E-state index contributed by atoms with van der Waals surface area (Å²) >= 11 is 3.34. The van der Waals surface area contributed by atoms with Gasteiger partial charge >= 0.3 is 5.97 Å². The fourth-order valence-electron chi connectivity index (χ4n) is 2.21. The molecule has 20 heavy (non-hydrogen) atoms. The molecular formula is C14H15BrN2O3. The third-order valence-corrected chi connectivity index (χ3v) is 4.20. The predicted octanol–water partition coefficient (Wildman–Crippen LogP) is 2.76. The number of carbonyl (C=O) groups excluding carboxylic acids is 1. The van der Waals surface area contributed by atoms with Gasteiger partial charge in [-0.2, -0.15) is 0 Å². The van der Waals surface area contributed by atoms with Gasteiger partial charge in [0, 0.05) is 4.47 Å². The lowest BCUT2D eigenvalue weighted by Crippen LogP contribution is -2.34. The molecular weight excluding hydrogens is 324 g/mol. The van der Waals surface area contributed by atoms with E-state index in [1.54, 1.807) is 12.1 Å². The van der Waals surface area contributed by atoms with Crippen LogP contribution in [0.5, 0.6) is 0 Å². The molecule has 1 aromatic heterocycles. The van der Waals surface area contributed by atoms with Crippen molar-refractivity contribution in [2.45, 2.75) is 19.8 Å². The number of carboxylic acids is 1. The molecule has 0 aromatic carbocycles. The Balaban J connectivity index is 2.12. The molecule has 2 atom stereocenters. The monoisotopic (exact) mass is 338 g/mol. The van der Waals surface area contributed by atoms with Gasteiger partial charge in [0.2, 0.25) is 5.91 Å². The molecule has 106 valence electrons. The van der Waals surface area contributed by atoms with E-state index in [0.29, 0.717) is 18.7 Å². The number of allylic oxidation sites excluding steroid dienone is 2. The molecule has 1 aliphatic rings. The van der Waals surface area contributed by atoms with Crippen LogP contribution in [-0.2, 0) is 9.59 Å². The summed E-state index contributed by atoms with van der Waals surface area (Å²) in [4.78, 5) is 27.6. The van der Waals surface area contributed by atoms with Crippen molar-refractivity contribution in [3.05, 3.63) is 34.5 Å². The Morgan fingerprint density at radius 3 is 2.55 bits per heavy atom. The molecule has 1 aromatic rings. The molecule has 0 unspecified atom stereocenters. The lowest BCUT2D eigenvalue weighted by Gasteiger charge is -2.24. The second kappa shape index (κ2) is 6.17. The summed E-state index contributed by atoms with van der Waals surface area (Å²) in [5.74, 6) is -2.01. The fourth-order valence-corrected chi connectivity index (χ4v) is 2.43. The lowest BCUT2D eigenvalue weighted by molar-refractivity contribution is -0.146. The number of nitrogens with one attached hydrogen (secondary N) is 1. The second-order valence-corrected chi connectivity index (χ2v) is 5.60. The normalized spacial score (nSPS) is 21.5. The Bertz CT molecular complexity index is 572. The summed E-state index contributed by atoms with van der Waals surface area (Å²) in [6, 6.07) is 3.48. The van der Waals surface area contributed by atoms with Crippen LogP contribution < -0.4 is 5.32 Å². The number of hydrogen-bond acceptors (Lipinski definition) is 3. The van der Waals surface area contributed by atoms with Crippen LogP contribution in [0.25, 0.3) is 0 Å². The first kappa shape index (κ1) is 14.7. The molecule has 0 saturated heterocycles. The van der Waals surface area contributed by atoms with Crippen molar-refractivity contribution < 1.29 is 14.7 Å². The van der Waals surface area contributed by atoms with Crippen LogP contribution in [0.1, 0.15) is 18.5 Å². The van der Waals surface area contributed by atoms with Gasteiger partial charge in [0.05, 0.1) is 17.5 Å². The maximum Gasteiger partial charge on any atom is 0.307 e. The van der Waals surface area contributed by atoms with Crippen molar-refractivity contribution in [2.75, 3.05) is 5.32 Å². The first-order valence-electron chi connectivity index (χ1n) is 6.31. The highest BCUT2D eigenvalue weighted by atomic mass is 79.9. The number of hydrogen-bond donors (Lipinski definition) is 2.